The van der Waals surface area contributed by atoms with E-state index >= 15 is 0 Å². The smallest absolute Gasteiger partial charge is 0.251 e. The molecular weight excluding hydrogens is 408 g/mol. The van der Waals surface area contributed by atoms with Crippen LogP contribution in [0, 0.1) is 0 Å². The number of aromatic nitrogens is 1. The van der Waals surface area contributed by atoms with Crippen LogP contribution in [0.5, 0.6) is 5.75 Å². The number of hydrogen-bond acceptors (Lipinski definition) is 2. The second-order valence-corrected chi connectivity index (χ2v) is 7.88. The lowest BCUT2D eigenvalue weighted by atomic mass is 10.1. The van der Waals surface area contributed by atoms with E-state index < -0.39 is 0 Å². The van der Waals surface area contributed by atoms with E-state index in [-0.39, 0.29) is 5.91 Å². The van der Waals surface area contributed by atoms with Crippen LogP contribution in [-0.2, 0) is 13.0 Å². The lowest BCUT2D eigenvalue weighted by Gasteiger charge is -2.07. The lowest BCUT2D eigenvalue weighted by Crippen LogP contribution is -2.33. The van der Waals surface area contributed by atoms with E-state index in [2.05, 4.69) is 40.5 Å². The van der Waals surface area contributed by atoms with Crippen LogP contribution in [-0.4, -0.2) is 19.6 Å². The number of pyridine rings is 1. The Morgan fingerprint density at radius 2 is 1.71 bits per heavy atom. The first kappa shape index (κ1) is 20.9. The summed E-state index contributed by atoms with van der Waals surface area (Å²) in [6.45, 7) is 1.35. The van der Waals surface area contributed by atoms with Gasteiger partial charge in [0, 0.05) is 34.8 Å². The van der Waals surface area contributed by atoms with Crippen molar-refractivity contribution in [3.63, 3.8) is 0 Å². The van der Waals surface area contributed by atoms with Gasteiger partial charge in [0.1, 0.15) is 5.75 Å². The van der Waals surface area contributed by atoms with Crippen molar-refractivity contribution in [2.75, 3.05) is 13.7 Å². The Morgan fingerprint density at radius 1 is 0.935 bits per heavy atom. The van der Waals surface area contributed by atoms with Gasteiger partial charge in [0.15, 0.2) is 18.9 Å². The molecule has 0 saturated carbocycles. The number of nitrogens with zero attached hydrogens (tertiary/aromatic N) is 1. The van der Waals surface area contributed by atoms with Crippen LogP contribution in [0.15, 0.2) is 85.2 Å². The van der Waals surface area contributed by atoms with E-state index in [0.717, 1.165) is 40.1 Å². The van der Waals surface area contributed by atoms with Crippen LogP contribution in [0.1, 0.15) is 21.5 Å². The molecule has 5 heteroatoms. The molecule has 0 atom stereocenters. The number of benzene rings is 3. The minimum Gasteiger partial charge on any atom is -0.497 e. The summed E-state index contributed by atoms with van der Waals surface area (Å²) in [5, 5.41) is 5.82. The maximum Gasteiger partial charge on any atom is 0.251 e. The Bertz CT molecular complexity index is 1210. The predicted molar refractivity (Wildman–Crippen MR) is 124 cm³/mol. The van der Waals surface area contributed by atoms with Gasteiger partial charge < -0.3 is 10.1 Å². The molecule has 4 aromatic rings. The fraction of sp³-hybridized carbons (Fsp3) is 0.154. The van der Waals surface area contributed by atoms with Crippen molar-refractivity contribution >= 4 is 28.3 Å². The van der Waals surface area contributed by atoms with E-state index in [1.165, 1.54) is 5.56 Å². The van der Waals surface area contributed by atoms with E-state index in [1.807, 2.05) is 54.6 Å². The Labute approximate surface area is 187 Å². The van der Waals surface area contributed by atoms with Gasteiger partial charge in [-0.15, -0.1) is 0 Å². The van der Waals surface area contributed by atoms with Gasteiger partial charge in [0.25, 0.3) is 5.91 Å². The summed E-state index contributed by atoms with van der Waals surface area (Å²) in [6, 6.07) is 23.6. The Balaban J connectivity index is 1.31. The first-order valence-electron chi connectivity index (χ1n) is 10.2. The number of halogens is 1. The number of carbonyl (C=O) groups excluding carboxylic acids is 1. The Hall–Kier alpha value is -3.37. The van der Waals surface area contributed by atoms with Crippen molar-refractivity contribution in [3.05, 3.63) is 107 Å². The SMILES string of the molecule is COc1ccc2cc(C(=O)NCCc3cc[n+](Cc4cccc(Cl)c4)cc3)ccc2c1. The molecule has 156 valence electrons. The average molecular weight is 432 g/mol. The minimum atomic E-state index is -0.0651. The number of methoxy groups -OCH3 is 1. The van der Waals surface area contributed by atoms with E-state index in [1.54, 1.807) is 7.11 Å². The zero-order chi connectivity index (χ0) is 21.6. The van der Waals surface area contributed by atoms with Gasteiger partial charge in [-0.2, -0.15) is 0 Å². The highest BCUT2D eigenvalue weighted by Gasteiger charge is 2.08. The molecule has 31 heavy (non-hydrogen) atoms. The number of nitrogens with one attached hydrogen (secondary N) is 1. The maximum atomic E-state index is 12.5. The van der Waals surface area contributed by atoms with Gasteiger partial charge in [0.05, 0.1) is 7.11 Å². The van der Waals surface area contributed by atoms with Crippen LogP contribution in [0.25, 0.3) is 10.8 Å². The van der Waals surface area contributed by atoms with Crippen molar-refractivity contribution in [1.82, 2.24) is 5.32 Å². The second-order valence-electron chi connectivity index (χ2n) is 7.44. The molecular formula is C26H24ClN2O2+. The number of hydrogen-bond donors (Lipinski definition) is 1. The molecule has 0 spiro atoms. The number of rotatable bonds is 7. The third-order valence-corrected chi connectivity index (χ3v) is 5.46. The van der Waals surface area contributed by atoms with E-state index in [4.69, 9.17) is 16.3 Å². The zero-order valence-electron chi connectivity index (χ0n) is 17.3. The van der Waals surface area contributed by atoms with Gasteiger partial charge in [0.2, 0.25) is 0 Å². The van der Waals surface area contributed by atoms with Crippen molar-refractivity contribution < 1.29 is 14.1 Å². The number of carbonyl (C=O) groups is 1. The van der Waals surface area contributed by atoms with Gasteiger partial charge >= 0.3 is 0 Å². The lowest BCUT2D eigenvalue weighted by molar-refractivity contribution is -0.688. The fourth-order valence-electron chi connectivity index (χ4n) is 3.52. The zero-order valence-corrected chi connectivity index (χ0v) is 18.1. The standard InChI is InChI=1S/C26H23ClN2O2/c1-31-25-8-7-21-16-23(6-5-22(21)17-25)26(30)28-12-9-19-10-13-29(14-11-19)18-20-3-2-4-24(27)15-20/h2-8,10-11,13-17H,9,12,18H2,1H3/p+1. The first-order chi connectivity index (χ1) is 15.1. The maximum absolute atomic E-state index is 12.5. The number of amides is 1. The highest BCUT2D eigenvalue weighted by molar-refractivity contribution is 6.30. The van der Waals surface area contributed by atoms with Crippen LogP contribution in [0.3, 0.4) is 0 Å². The molecule has 4 rings (SSSR count). The molecule has 0 radical (unpaired) electrons. The number of ether oxygens (including phenoxy) is 1. The molecule has 3 aromatic carbocycles. The molecule has 4 nitrogen and oxygen atoms in total. The normalized spacial score (nSPS) is 10.8. The molecule has 0 bridgehead atoms. The van der Waals surface area contributed by atoms with Crippen molar-refractivity contribution in [2.45, 2.75) is 13.0 Å². The van der Waals surface area contributed by atoms with Crippen LogP contribution >= 0.6 is 11.6 Å². The molecule has 0 aliphatic heterocycles. The molecule has 0 aliphatic rings. The predicted octanol–water partition coefficient (Wildman–Crippen LogP) is 4.81. The molecule has 0 aliphatic carbocycles. The summed E-state index contributed by atoms with van der Waals surface area (Å²) in [7, 11) is 1.65. The third kappa shape index (κ3) is 5.41. The summed E-state index contributed by atoms with van der Waals surface area (Å²) in [4.78, 5) is 12.5. The average Bonchev–Trinajstić information content (AvgIpc) is 2.79. The highest BCUT2D eigenvalue weighted by atomic mass is 35.5. The topological polar surface area (TPSA) is 42.2 Å². The van der Waals surface area contributed by atoms with Gasteiger partial charge in [-0.05, 0) is 59.2 Å². The van der Waals surface area contributed by atoms with Gasteiger partial charge in [-0.3, -0.25) is 4.79 Å². The summed E-state index contributed by atoms with van der Waals surface area (Å²) in [5.74, 6) is 0.742. The van der Waals surface area contributed by atoms with E-state index in [0.29, 0.717) is 12.1 Å². The molecule has 1 amide bonds. The van der Waals surface area contributed by atoms with Gasteiger partial charge in [-0.1, -0.05) is 35.9 Å². The molecule has 1 aromatic heterocycles. The Morgan fingerprint density at radius 3 is 2.48 bits per heavy atom. The van der Waals surface area contributed by atoms with Crippen LogP contribution in [0.2, 0.25) is 5.02 Å². The van der Waals surface area contributed by atoms with Gasteiger partial charge in [-0.25, -0.2) is 4.57 Å². The van der Waals surface area contributed by atoms with Crippen LogP contribution in [0.4, 0.5) is 0 Å². The largest absolute Gasteiger partial charge is 0.497 e. The van der Waals surface area contributed by atoms with Crippen molar-refractivity contribution in [1.29, 1.82) is 0 Å². The van der Waals surface area contributed by atoms with Crippen molar-refractivity contribution in [3.8, 4) is 5.75 Å². The third-order valence-electron chi connectivity index (χ3n) is 5.22. The summed E-state index contributed by atoms with van der Waals surface area (Å²) in [6.07, 6.45) is 4.87. The summed E-state index contributed by atoms with van der Waals surface area (Å²) in [5.41, 5.74) is 2.99. The van der Waals surface area contributed by atoms with E-state index in [9.17, 15) is 4.79 Å². The summed E-state index contributed by atoms with van der Waals surface area (Å²) >= 11 is 6.06. The molecule has 1 N–H and O–H groups in total. The minimum absolute atomic E-state index is 0.0651. The second kappa shape index (κ2) is 9.63. The fourth-order valence-corrected chi connectivity index (χ4v) is 3.73. The van der Waals surface area contributed by atoms with Crippen LogP contribution < -0.4 is 14.6 Å². The first-order valence-corrected chi connectivity index (χ1v) is 10.6. The summed E-state index contributed by atoms with van der Waals surface area (Å²) < 4.78 is 7.36. The Kier molecular flexibility index (Phi) is 6.48. The van der Waals surface area contributed by atoms with Crippen molar-refractivity contribution in [2.24, 2.45) is 0 Å². The highest BCUT2D eigenvalue weighted by Crippen LogP contribution is 2.21. The molecule has 0 saturated heterocycles. The molecule has 0 unspecified atom stereocenters. The monoisotopic (exact) mass is 431 g/mol. The molecule has 0 fully saturated rings. The number of fused-ring (bicyclic) bond motifs is 1. The quantitative estimate of drug-likeness (QED) is 0.427. The molecule has 1 heterocycles.